The Kier molecular flexibility index (Phi) is 81.5. The van der Waals surface area contributed by atoms with E-state index < -0.39 is 24.3 Å². The number of likely N-dealkylation sites (N-methyl/N-ethyl adjacent to an activating group) is 1. The maximum Gasteiger partial charge on any atom is 0.306 e. The number of aliphatic carboxylic acids is 1. The van der Waals surface area contributed by atoms with Gasteiger partial charge in [-0.05, 0) is 135 Å². The monoisotopic (exact) mass is 1480 g/mol. The zero-order valence-corrected chi connectivity index (χ0v) is 69.7. The van der Waals surface area contributed by atoms with Crippen LogP contribution in [0, 0.1) is 0 Å². The smallest absolute Gasteiger partial charge is 0.306 e. The lowest BCUT2D eigenvalue weighted by Gasteiger charge is -2.26. The average Bonchev–Trinajstić information content (AvgIpc) is 0.965. The fraction of sp³-hybridized carbons (Fsp3) is 0.663. The lowest BCUT2D eigenvalue weighted by atomic mass is 10.0. The highest BCUT2D eigenvalue weighted by molar-refractivity contribution is 5.70. The molecule has 0 saturated carbocycles. The van der Waals surface area contributed by atoms with Crippen LogP contribution in [-0.2, 0) is 33.3 Å². The Balaban J connectivity index is 4.03. The molecule has 0 bridgehead atoms. The van der Waals surface area contributed by atoms with E-state index in [0.717, 1.165) is 141 Å². The SMILES string of the molecule is CC/C=C\C/C=C\C/C=C\C/C=C\C/C=C\C/C=C\C/C=C\C/C=C\C/C=C\C/C=C\C/C=C\CCCCCCCCCC(=O)OC(COC(=O)CCCCCCCCCCCCCCCCCCCCCCCCCCCCCC/C=C\C/C=C\C/C=C\C/C=C\CC)COC(OCC[N+](C)(C)C)C(=O)[O-]. The van der Waals surface area contributed by atoms with Crippen LogP contribution in [0.1, 0.15) is 361 Å². The summed E-state index contributed by atoms with van der Waals surface area (Å²) in [4.78, 5) is 37.7. The van der Waals surface area contributed by atoms with E-state index >= 15 is 0 Å². The Morgan fingerprint density at radius 3 is 0.748 bits per heavy atom. The fourth-order valence-electron chi connectivity index (χ4n) is 12.1. The number of carboxylic acid groups (broad SMARTS) is 1. The molecule has 107 heavy (non-hydrogen) atoms. The second kappa shape index (κ2) is 86.0. The van der Waals surface area contributed by atoms with Gasteiger partial charge in [-0.1, -0.05) is 395 Å². The van der Waals surface area contributed by atoms with Gasteiger partial charge in [0.15, 0.2) is 12.4 Å². The highest BCUT2D eigenvalue weighted by Crippen LogP contribution is 2.19. The minimum Gasteiger partial charge on any atom is -0.545 e. The number of carboxylic acids is 1. The molecule has 0 saturated heterocycles. The molecule has 0 aromatic rings. The van der Waals surface area contributed by atoms with Gasteiger partial charge in [0.25, 0.3) is 0 Å². The third kappa shape index (κ3) is 87.5. The summed E-state index contributed by atoms with van der Waals surface area (Å²) in [7, 11) is 5.93. The van der Waals surface area contributed by atoms with Crippen molar-refractivity contribution in [3.05, 3.63) is 182 Å². The molecule has 0 aliphatic rings. The molecule has 9 nitrogen and oxygen atoms in total. The maximum absolute atomic E-state index is 13.0. The van der Waals surface area contributed by atoms with Crippen molar-refractivity contribution in [1.29, 1.82) is 0 Å². The third-order valence-corrected chi connectivity index (χ3v) is 18.6. The van der Waals surface area contributed by atoms with Crippen LogP contribution in [0.4, 0.5) is 0 Å². The highest BCUT2D eigenvalue weighted by atomic mass is 16.7. The summed E-state index contributed by atoms with van der Waals surface area (Å²) in [5.74, 6) is -2.29. The van der Waals surface area contributed by atoms with Gasteiger partial charge >= 0.3 is 11.9 Å². The molecule has 0 N–H and O–H groups in total. The number of hydrogen-bond donors (Lipinski definition) is 0. The van der Waals surface area contributed by atoms with Crippen molar-refractivity contribution in [2.45, 2.75) is 373 Å². The molecule has 608 valence electrons. The predicted molar refractivity (Wildman–Crippen MR) is 462 cm³/mol. The molecule has 0 rings (SSSR count). The van der Waals surface area contributed by atoms with Gasteiger partial charge < -0.3 is 33.3 Å². The van der Waals surface area contributed by atoms with E-state index in [-0.39, 0.29) is 38.6 Å². The number of esters is 2. The Bertz CT molecular complexity index is 2430. The van der Waals surface area contributed by atoms with Crippen molar-refractivity contribution in [3.8, 4) is 0 Å². The quantitative estimate of drug-likeness (QED) is 0.0195. The maximum atomic E-state index is 13.0. The van der Waals surface area contributed by atoms with Gasteiger partial charge in [-0.25, -0.2) is 0 Å². The summed E-state index contributed by atoms with van der Waals surface area (Å²) >= 11 is 0. The number of carbonyl (C=O) groups is 3. The second-order valence-electron chi connectivity index (χ2n) is 30.1. The summed E-state index contributed by atoms with van der Waals surface area (Å²) in [6.07, 6.45) is 128. The highest BCUT2D eigenvalue weighted by Gasteiger charge is 2.22. The summed E-state index contributed by atoms with van der Waals surface area (Å²) in [6.45, 7) is 4.53. The lowest BCUT2D eigenvalue weighted by molar-refractivity contribution is -0.870. The van der Waals surface area contributed by atoms with Crippen LogP contribution >= 0.6 is 0 Å². The molecule has 0 heterocycles. The van der Waals surface area contributed by atoms with Crippen molar-refractivity contribution in [2.24, 2.45) is 0 Å². The fourth-order valence-corrected chi connectivity index (χ4v) is 12.1. The van der Waals surface area contributed by atoms with Gasteiger partial charge in [0.2, 0.25) is 0 Å². The van der Waals surface area contributed by atoms with Crippen LogP contribution < -0.4 is 5.11 Å². The normalized spacial score (nSPS) is 13.5. The number of unbranched alkanes of at least 4 members (excludes halogenated alkanes) is 35. The molecular formula is C98H163NO8. The van der Waals surface area contributed by atoms with E-state index in [1.807, 2.05) is 21.1 Å². The molecule has 9 heteroatoms. The van der Waals surface area contributed by atoms with Gasteiger partial charge in [-0.3, -0.25) is 9.59 Å². The van der Waals surface area contributed by atoms with E-state index in [1.165, 1.54) is 186 Å². The third-order valence-electron chi connectivity index (χ3n) is 18.6. The standard InChI is InChI=1S/C98H163NO8/c1-6-8-10-12-14-16-18-20-22-24-26-28-30-32-34-36-38-40-42-44-46-48-50-52-54-56-58-60-62-64-66-68-70-72-74-76-78-80-82-84-86-88-95(100)105-92-94(93-106-98(97(102)103)104-91-90-99(3,4)5)107-96(101)89-87-85-83-81-79-77-75-73-71-69-67-65-63-61-59-57-55-53-51-49-47-45-43-41-39-37-35-33-31-29-27-25-23-21-19-17-15-13-11-9-7-2/h8-11,14-17,20-23,26-29,33,35,39,41,45,47,51,53,57,59,63,65,69,71,94,98H,6-7,12-13,18-19,24-25,30-32,34,36-38,40,42-44,46,48-50,52,54-56,58,60-62,64,66-68,70,72-93H2,1-5H3/b10-8-,11-9-,16-14-,17-15-,22-20-,23-21-,28-26-,29-27-,35-33-,41-39-,47-45-,53-51-,59-57-,65-63-,71-69-. The van der Waals surface area contributed by atoms with Crippen molar-refractivity contribution in [1.82, 2.24) is 0 Å². The molecule has 0 amide bonds. The minimum absolute atomic E-state index is 0.139. The Labute approximate surface area is 659 Å². The molecule has 2 unspecified atom stereocenters. The first-order valence-electron chi connectivity index (χ1n) is 43.9. The Morgan fingerprint density at radius 2 is 0.505 bits per heavy atom. The molecule has 0 aromatic carbocycles. The van der Waals surface area contributed by atoms with Crippen LogP contribution in [0.15, 0.2) is 182 Å². The van der Waals surface area contributed by atoms with Crippen molar-refractivity contribution < 1.29 is 42.9 Å². The van der Waals surface area contributed by atoms with E-state index in [0.29, 0.717) is 17.4 Å². The number of carbonyl (C=O) groups excluding carboxylic acids is 3. The van der Waals surface area contributed by atoms with E-state index in [4.69, 9.17) is 18.9 Å². The average molecular weight is 1480 g/mol. The number of nitrogens with zero attached hydrogens (tertiary/aromatic N) is 1. The summed E-state index contributed by atoms with van der Waals surface area (Å²) in [5, 5.41) is 11.9. The molecule has 0 spiro atoms. The summed E-state index contributed by atoms with van der Waals surface area (Å²) < 4.78 is 22.9. The van der Waals surface area contributed by atoms with Crippen LogP contribution in [0.2, 0.25) is 0 Å². The molecule has 2 atom stereocenters. The molecular weight excluding hydrogens is 1320 g/mol. The van der Waals surface area contributed by atoms with Crippen LogP contribution in [0.25, 0.3) is 0 Å². The lowest BCUT2D eigenvalue weighted by Crippen LogP contribution is -2.44. The number of allylic oxidation sites excluding steroid dienone is 30. The Hall–Kier alpha value is -5.61. The van der Waals surface area contributed by atoms with Gasteiger partial charge in [0.1, 0.15) is 13.2 Å². The Morgan fingerprint density at radius 1 is 0.280 bits per heavy atom. The predicted octanol–water partition coefficient (Wildman–Crippen LogP) is 27.7. The van der Waals surface area contributed by atoms with Gasteiger partial charge in [0.05, 0.1) is 40.3 Å². The topological polar surface area (TPSA) is 111 Å². The van der Waals surface area contributed by atoms with Crippen molar-refractivity contribution >= 4 is 17.9 Å². The van der Waals surface area contributed by atoms with Crippen LogP contribution in [0.3, 0.4) is 0 Å². The van der Waals surface area contributed by atoms with E-state index in [1.54, 1.807) is 0 Å². The molecule has 0 aliphatic heterocycles. The number of ether oxygens (including phenoxy) is 4. The molecule has 0 aromatic heterocycles. The molecule has 0 radical (unpaired) electrons. The van der Waals surface area contributed by atoms with Gasteiger partial charge in [-0.2, -0.15) is 0 Å². The minimum atomic E-state index is -1.63. The first-order valence-corrected chi connectivity index (χ1v) is 43.9. The van der Waals surface area contributed by atoms with Crippen molar-refractivity contribution in [2.75, 3.05) is 47.5 Å². The summed E-state index contributed by atoms with van der Waals surface area (Å²) in [6, 6.07) is 0. The second-order valence-corrected chi connectivity index (χ2v) is 30.1. The number of hydrogen-bond acceptors (Lipinski definition) is 8. The first-order chi connectivity index (χ1) is 52.6. The van der Waals surface area contributed by atoms with Crippen LogP contribution in [-0.4, -0.2) is 82.3 Å². The van der Waals surface area contributed by atoms with Gasteiger partial charge in [0, 0.05) is 12.8 Å². The molecule has 0 fully saturated rings. The van der Waals surface area contributed by atoms with Crippen LogP contribution in [0.5, 0.6) is 0 Å². The zero-order valence-electron chi connectivity index (χ0n) is 69.7. The van der Waals surface area contributed by atoms with E-state index in [9.17, 15) is 19.5 Å². The van der Waals surface area contributed by atoms with Crippen molar-refractivity contribution in [3.63, 3.8) is 0 Å². The van der Waals surface area contributed by atoms with E-state index in [2.05, 4.69) is 196 Å². The number of quaternary nitrogens is 1. The van der Waals surface area contributed by atoms with Gasteiger partial charge in [-0.15, -0.1) is 0 Å². The molecule has 0 aliphatic carbocycles. The summed E-state index contributed by atoms with van der Waals surface area (Å²) in [5.41, 5.74) is 0. The number of rotatable bonds is 80. The zero-order chi connectivity index (χ0) is 77.4. The first kappa shape index (κ1) is 101. The largest absolute Gasteiger partial charge is 0.545 e.